The summed E-state index contributed by atoms with van der Waals surface area (Å²) in [7, 11) is 2.11. The van der Waals surface area contributed by atoms with Gasteiger partial charge in [0.1, 0.15) is 23.5 Å². The third kappa shape index (κ3) is 2.54. The molecule has 3 rings (SSSR count). The van der Waals surface area contributed by atoms with Crippen molar-refractivity contribution in [2.45, 2.75) is 25.8 Å². The Bertz CT molecular complexity index is 851. The van der Waals surface area contributed by atoms with Crippen molar-refractivity contribution in [3.05, 3.63) is 29.5 Å². The molecular weight excluding hydrogens is 290 g/mol. The van der Waals surface area contributed by atoms with Gasteiger partial charge in [0.15, 0.2) is 0 Å². The van der Waals surface area contributed by atoms with Gasteiger partial charge in [0.25, 0.3) is 0 Å². The lowest BCUT2D eigenvalue weighted by Crippen LogP contribution is -2.31. The Morgan fingerprint density at radius 3 is 2.78 bits per heavy atom. The molecular formula is C17H17N5O. The first-order valence-corrected chi connectivity index (χ1v) is 7.45. The largest absolute Gasteiger partial charge is 0.460 e. The monoisotopic (exact) mass is 307 g/mol. The van der Waals surface area contributed by atoms with Crippen molar-refractivity contribution in [1.82, 2.24) is 4.90 Å². The molecule has 0 bridgehead atoms. The lowest BCUT2D eigenvalue weighted by molar-refractivity contribution is 0.215. The van der Waals surface area contributed by atoms with Crippen LogP contribution in [0.15, 0.2) is 27.7 Å². The summed E-state index contributed by atoms with van der Waals surface area (Å²) in [4.78, 5) is 2.31. The molecule has 6 nitrogen and oxygen atoms in total. The summed E-state index contributed by atoms with van der Waals surface area (Å²) in [6.07, 6.45) is 0. The molecule has 0 radical (unpaired) electrons. The van der Waals surface area contributed by atoms with Gasteiger partial charge in [-0.25, -0.2) is 0 Å². The fraction of sp³-hybridized carbons (Fsp3) is 0.353. The second-order valence-corrected chi connectivity index (χ2v) is 5.90. The Morgan fingerprint density at radius 1 is 1.35 bits per heavy atom. The Balaban J connectivity index is 2.06. The maximum absolute atomic E-state index is 8.73. The first-order valence-electron chi connectivity index (χ1n) is 7.45. The van der Waals surface area contributed by atoms with Crippen LogP contribution in [0.5, 0.6) is 0 Å². The van der Waals surface area contributed by atoms with Gasteiger partial charge in [-0.15, -0.1) is 0 Å². The Kier molecular flexibility index (Phi) is 3.77. The number of benzene rings is 1. The number of likely N-dealkylation sites (N-methyl/N-ethyl adjacent to an activating group) is 1. The molecule has 23 heavy (non-hydrogen) atoms. The SMILES string of the molecule is CC1CN(C)C(C)c2c1oc1ccc(NN=C(C#N)C#N)cc21. The molecule has 0 aliphatic carbocycles. The van der Waals surface area contributed by atoms with E-state index in [1.54, 1.807) is 12.1 Å². The summed E-state index contributed by atoms with van der Waals surface area (Å²) < 4.78 is 6.05. The first-order chi connectivity index (χ1) is 11.0. The van der Waals surface area contributed by atoms with Crippen molar-refractivity contribution in [2.24, 2.45) is 5.10 Å². The van der Waals surface area contributed by atoms with Gasteiger partial charge in [0.05, 0.1) is 5.69 Å². The maximum atomic E-state index is 8.73. The number of fused-ring (bicyclic) bond motifs is 3. The summed E-state index contributed by atoms with van der Waals surface area (Å²) in [5, 5.41) is 22.3. The van der Waals surface area contributed by atoms with E-state index in [4.69, 9.17) is 14.9 Å². The van der Waals surface area contributed by atoms with E-state index < -0.39 is 0 Å². The van der Waals surface area contributed by atoms with Gasteiger partial charge in [-0.2, -0.15) is 15.6 Å². The molecule has 2 unspecified atom stereocenters. The van der Waals surface area contributed by atoms with Crippen LogP contribution < -0.4 is 5.43 Å². The summed E-state index contributed by atoms with van der Waals surface area (Å²) >= 11 is 0. The Labute approximate surface area is 134 Å². The second kappa shape index (κ2) is 5.75. The second-order valence-electron chi connectivity index (χ2n) is 5.90. The van der Waals surface area contributed by atoms with Crippen LogP contribution in [0.2, 0.25) is 0 Å². The van der Waals surface area contributed by atoms with E-state index in [0.717, 1.165) is 29.0 Å². The van der Waals surface area contributed by atoms with Crippen LogP contribution in [0.3, 0.4) is 0 Å². The van der Waals surface area contributed by atoms with Crippen molar-refractivity contribution in [2.75, 3.05) is 19.0 Å². The molecule has 1 aliphatic heterocycles. The molecule has 2 aromatic rings. The predicted molar refractivity (Wildman–Crippen MR) is 88.0 cm³/mol. The number of nitriles is 2. The quantitative estimate of drug-likeness (QED) is 0.679. The molecule has 1 N–H and O–H groups in total. The smallest absolute Gasteiger partial charge is 0.237 e. The van der Waals surface area contributed by atoms with Gasteiger partial charge in [-0.1, -0.05) is 6.92 Å². The molecule has 0 saturated carbocycles. The van der Waals surface area contributed by atoms with Gasteiger partial charge in [-0.3, -0.25) is 10.3 Å². The number of rotatable bonds is 2. The number of anilines is 1. The minimum absolute atomic E-state index is 0.207. The fourth-order valence-electron chi connectivity index (χ4n) is 3.09. The van der Waals surface area contributed by atoms with Crippen molar-refractivity contribution >= 4 is 22.4 Å². The highest BCUT2D eigenvalue weighted by molar-refractivity contribution is 6.10. The van der Waals surface area contributed by atoms with E-state index in [9.17, 15) is 0 Å². The van der Waals surface area contributed by atoms with Gasteiger partial charge >= 0.3 is 0 Å². The number of furan rings is 1. The lowest BCUT2D eigenvalue weighted by atomic mass is 9.92. The minimum atomic E-state index is -0.207. The molecule has 1 aromatic carbocycles. The number of nitrogens with one attached hydrogen (secondary N) is 1. The number of hydrogen-bond acceptors (Lipinski definition) is 6. The maximum Gasteiger partial charge on any atom is 0.237 e. The molecule has 2 heterocycles. The molecule has 0 saturated heterocycles. The Hall–Kier alpha value is -2.83. The molecule has 0 spiro atoms. The minimum Gasteiger partial charge on any atom is -0.460 e. The summed E-state index contributed by atoms with van der Waals surface area (Å²) in [5.41, 5.74) is 5.32. The topological polar surface area (TPSA) is 88.3 Å². The van der Waals surface area contributed by atoms with Crippen LogP contribution >= 0.6 is 0 Å². The Morgan fingerprint density at radius 2 is 2.09 bits per heavy atom. The zero-order chi connectivity index (χ0) is 16.6. The van der Waals surface area contributed by atoms with E-state index in [0.29, 0.717) is 5.92 Å². The van der Waals surface area contributed by atoms with Crippen molar-refractivity contribution in [3.8, 4) is 12.1 Å². The van der Waals surface area contributed by atoms with E-state index in [-0.39, 0.29) is 11.8 Å². The predicted octanol–water partition coefficient (Wildman–Crippen LogP) is 3.36. The normalized spacial score (nSPS) is 20.4. The lowest BCUT2D eigenvalue weighted by Gasteiger charge is -2.32. The van der Waals surface area contributed by atoms with Crippen molar-refractivity contribution in [3.63, 3.8) is 0 Å². The van der Waals surface area contributed by atoms with E-state index in [2.05, 4.69) is 36.3 Å². The van der Waals surface area contributed by atoms with Crippen molar-refractivity contribution in [1.29, 1.82) is 10.5 Å². The molecule has 0 fully saturated rings. The molecule has 6 heteroatoms. The van der Waals surface area contributed by atoms with Crippen LogP contribution in [-0.4, -0.2) is 24.2 Å². The van der Waals surface area contributed by atoms with E-state index in [1.165, 1.54) is 5.56 Å². The van der Waals surface area contributed by atoms with Crippen LogP contribution in [0.1, 0.15) is 37.1 Å². The molecule has 116 valence electrons. The van der Waals surface area contributed by atoms with Gasteiger partial charge in [0, 0.05) is 29.5 Å². The summed E-state index contributed by atoms with van der Waals surface area (Å²) in [6, 6.07) is 9.39. The number of hydrazone groups is 1. The molecule has 1 aromatic heterocycles. The fourth-order valence-corrected chi connectivity index (χ4v) is 3.09. The van der Waals surface area contributed by atoms with Gasteiger partial charge < -0.3 is 4.42 Å². The third-order valence-corrected chi connectivity index (χ3v) is 4.35. The highest BCUT2D eigenvalue weighted by Gasteiger charge is 2.31. The van der Waals surface area contributed by atoms with Crippen LogP contribution in [0.25, 0.3) is 11.0 Å². The van der Waals surface area contributed by atoms with Crippen LogP contribution in [0.4, 0.5) is 5.69 Å². The zero-order valence-electron chi connectivity index (χ0n) is 13.3. The highest BCUT2D eigenvalue weighted by Crippen LogP contribution is 2.42. The van der Waals surface area contributed by atoms with E-state index >= 15 is 0 Å². The highest BCUT2D eigenvalue weighted by atomic mass is 16.3. The van der Waals surface area contributed by atoms with E-state index in [1.807, 2.05) is 18.2 Å². The average molecular weight is 307 g/mol. The zero-order valence-corrected chi connectivity index (χ0v) is 13.3. The first kappa shape index (κ1) is 15.1. The van der Waals surface area contributed by atoms with Gasteiger partial charge in [0.2, 0.25) is 5.71 Å². The average Bonchev–Trinajstić information content (AvgIpc) is 2.93. The van der Waals surface area contributed by atoms with Crippen LogP contribution in [-0.2, 0) is 0 Å². The number of hydrogen-bond donors (Lipinski definition) is 1. The summed E-state index contributed by atoms with van der Waals surface area (Å²) in [5.74, 6) is 1.39. The standard InChI is InChI=1S/C17H17N5O/c1-10-9-22(3)11(2)16-14-6-12(20-21-13(7-18)8-19)4-5-15(14)23-17(10)16/h4-6,10-11,20H,9H2,1-3H3. The third-order valence-electron chi connectivity index (χ3n) is 4.35. The summed E-state index contributed by atoms with van der Waals surface area (Å²) in [6.45, 7) is 5.30. The number of nitrogens with zero attached hydrogens (tertiary/aromatic N) is 4. The molecule has 0 amide bonds. The van der Waals surface area contributed by atoms with Crippen molar-refractivity contribution < 1.29 is 4.42 Å². The molecule has 1 aliphatic rings. The molecule has 2 atom stereocenters. The van der Waals surface area contributed by atoms with Crippen LogP contribution in [0, 0.1) is 22.7 Å². The van der Waals surface area contributed by atoms with Gasteiger partial charge in [-0.05, 0) is 32.2 Å².